The number of carboxylic acid groups (broad SMARTS) is 1. The summed E-state index contributed by atoms with van der Waals surface area (Å²) in [4.78, 5) is 8.36. The summed E-state index contributed by atoms with van der Waals surface area (Å²) in [6.07, 6.45) is 0. The van der Waals surface area contributed by atoms with E-state index in [9.17, 15) is 8.42 Å². The molecule has 0 saturated carbocycles. The van der Waals surface area contributed by atoms with E-state index < -0.39 is 10.4 Å². The Hall–Kier alpha value is -0.660. The van der Waals surface area contributed by atoms with Crippen molar-refractivity contribution >= 4 is 16.9 Å². The third-order valence-electron chi connectivity index (χ3n) is 0.211. The highest BCUT2D eigenvalue weighted by Crippen LogP contribution is 1.74. The van der Waals surface area contributed by atoms with Crippen molar-refractivity contribution in [3.63, 3.8) is 0 Å². The molecule has 0 aliphatic rings. The molecular weight excluding hydrogens is 152 g/mol. The Balaban J connectivity index is 0. The van der Waals surface area contributed by atoms with E-state index in [0.717, 1.165) is 7.11 Å². The van der Waals surface area contributed by atoms with E-state index in [0.29, 0.717) is 0 Å². The summed E-state index contributed by atoms with van der Waals surface area (Å²) < 4.78 is 29.7. The minimum Gasteiger partial charge on any atom is -0.483 e. The van der Waals surface area contributed by atoms with E-state index >= 15 is 0 Å². The largest absolute Gasteiger partial charge is 0.483 e. The van der Waals surface area contributed by atoms with Crippen molar-refractivity contribution in [3.8, 4) is 0 Å². The maximum Gasteiger partial charge on any atom is 0.397 e. The lowest BCUT2D eigenvalue weighted by molar-refractivity contribution is -0.122. The molecule has 0 amide bonds. The quantitative estimate of drug-likeness (QED) is 0.380. The summed E-state index contributed by atoms with van der Waals surface area (Å²) in [5.41, 5.74) is 0. The third kappa shape index (κ3) is 38.2. The molecule has 7 heteroatoms. The van der Waals surface area contributed by atoms with E-state index in [1.54, 1.807) is 0 Å². The summed E-state index contributed by atoms with van der Waals surface area (Å²) in [5.74, 6) is 0. The Kier molecular flexibility index (Phi) is 6.80. The maximum absolute atomic E-state index is 9.33. The van der Waals surface area contributed by atoms with Crippen LogP contribution in [0.1, 0.15) is 0 Å². The second-order valence-electron chi connectivity index (χ2n) is 0.700. The minimum absolute atomic E-state index is 0.250. The highest BCUT2D eigenvalue weighted by Gasteiger charge is 1.93. The number of carbonyl (C=O) groups is 1. The molecule has 0 aromatic heterocycles. The second-order valence-corrected chi connectivity index (χ2v) is 1.89. The van der Waals surface area contributed by atoms with Gasteiger partial charge in [-0.15, -0.1) is 0 Å². The lowest BCUT2D eigenvalue weighted by atomic mass is 11.7. The molecular formula is C2H6O6S. The number of hydrogen-bond donors (Lipinski definition) is 2. The van der Waals surface area contributed by atoms with E-state index in [-0.39, 0.29) is 6.47 Å². The van der Waals surface area contributed by atoms with Gasteiger partial charge >= 0.3 is 10.4 Å². The molecule has 0 radical (unpaired) electrons. The summed E-state index contributed by atoms with van der Waals surface area (Å²) in [6, 6.07) is 0. The molecule has 0 bridgehead atoms. The molecule has 0 fully saturated rings. The standard InChI is InChI=1S/CH4O4S.CH2O2/c1-5-6(2,3)4;2-1-3/h1H3,(H,2,3,4);1H,(H,2,3). The molecule has 0 aliphatic heterocycles. The third-order valence-corrected chi connectivity index (χ3v) is 0.632. The molecule has 2 N–H and O–H groups in total. The van der Waals surface area contributed by atoms with Crippen molar-refractivity contribution in [2.24, 2.45) is 0 Å². The molecule has 0 heterocycles. The van der Waals surface area contributed by atoms with Gasteiger partial charge in [-0.3, -0.25) is 13.5 Å². The molecule has 0 aliphatic carbocycles. The van der Waals surface area contributed by atoms with Crippen LogP contribution < -0.4 is 0 Å². The molecule has 0 atom stereocenters. The summed E-state index contributed by atoms with van der Waals surface area (Å²) in [6.45, 7) is -0.250. The molecule has 9 heavy (non-hydrogen) atoms. The monoisotopic (exact) mass is 158 g/mol. The van der Waals surface area contributed by atoms with Crippen LogP contribution in [0.2, 0.25) is 0 Å². The lowest BCUT2D eigenvalue weighted by Crippen LogP contribution is -1.96. The first-order valence-corrected chi connectivity index (χ1v) is 2.95. The van der Waals surface area contributed by atoms with Gasteiger partial charge in [0.25, 0.3) is 6.47 Å². The molecule has 6 nitrogen and oxygen atoms in total. The fraction of sp³-hybridized carbons (Fsp3) is 0.500. The van der Waals surface area contributed by atoms with Gasteiger partial charge in [-0.05, 0) is 0 Å². The van der Waals surface area contributed by atoms with Gasteiger partial charge in [-0.2, -0.15) is 8.42 Å². The normalized spacial score (nSPS) is 9.11. The molecule has 56 valence electrons. The molecule has 0 rings (SSSR count). The van der Waals surface area contributed by atoms with Crippen molar-refractivity contribution in [1.82, 2.24) is 0 Å². The van der Waals surface area contributed by atoms with Crippen LogP contribution in [-0.4, -0.2) is 31.7 Å². The maximum atomic E-state index is 9.33. The SMILES string of the molecule is COS(=O)(=O)O.O=CO. The topological polar surface area (TPSA) is 101 Å². The van der Waals surface area contributed by atoms with Crippen LogP contribution in [0.4, 0.5) is 0 Å². The fourth-order valence-electron chi connectivity index (χ4n) is 0. The smallest absolute Gasteiger partial charge is 0.397 e. The predicted molar refractivity (Wildman–Crippen MR) is 27.3 cm³/mol. The zero-order chi connectivity index (χ0) is 7.91. The van der Waals surface area contributed by atoms with E-state index in [4.69, 9.17) is 14.5 Å². The molecule has 0 aromatic carbocycles. The highest BCUT2D eigenvalue weighted by molar-refractivity contribution is 7.80. The van der Waals surface area contributed by atoms with Crippen molar-refractivity contribution < 1.29 is 27.1 Å². The fourth-order valence-corrected chi connectivity index (χ4v) is 0. The van der Waals surface area contributed by atoms with Crippen LogP contribution in [0.3, 0.4) is 0 Å². The van der Waals surface area contributed by atoms with Crippen molar-refractivity contribution in [2.45, 2.75) is 0 Å². The number of rotatable bonds is 1. The van der Waals surface area contributed by atoms with Crippen molar-refractivity contribution in [2.75, 3.05) is 7.11 Å². The van der Waals surface area contributed by atoms with Crippen LogP contribution in [0, 0.1) is 0 Å². The van der Waals surface area contributed by atoms with E-state index in [2.05, 4.69) is 4.18 Å². The summed E-state index contributed by atoms with van der Waals surface area (Å²) in [7, 11) is -3.29. The predicted octanol–water partition coefficient (Wildman–Crippen LogP) is -0.864. The van der Waals surface area contributed by atoms with Gasteiger partial charge in [0.15, 0.2) is 0 Å². The van der Waals surface area contributed by atoms with Gasteiger partial charge in [0.05, 0.1) is 7.11 Å². The highest BCUT2D eigenvalue weighted by atomic mass is 32.3. The molecule has 0 unspecified atom stereocenters. The Morgan fingerprint density at radius 3 is 1.67 bits per heavy atom. The second kappa shape index (κ2) is 5.48. The molecule has 0 spiro atoms. The van der Waals surface area contributed by atoms with Gasteiger partial charge in [-0.25, -0.2) is 0 Å². The molecule has 0 aromatic rings. The van der Waals surface area contributed by atoms with E-state index in [1.807, 2.05) is 0 Å². The summed E-state index contributed by atoms with van der Waals surface area (Å²) >= 11 is 0. The van der Waals surface area contributed by atoms with Gasteiger partial charge in [0.2, 0.25) is 0 Å². The Labute approximate surface area is 52.0 Å². The van der Waals surface area contributed by atoms with Gasteiger partial charge in [0.1, 0.15) is 0 Å². The number of hydrogen-bond acceptors (Lipinski definition) is 4. The van der Waals surface area contributed by atoms with Crippen LogP contribution in [0.5, 0.6) is 0 Å². The van der Waals surface area contributed by atoms with Crippen molar-refractivity contribution in [1.29, 1.82) is 0 Å². The Morgan fingerprint density at radius 1 is 1.56 bits per heavy atom. The van der Waals surface area contributed by atoms with E-state index in [1.165, 1.54) is 0 Å². The summed E-state index contributed by atoms with van der Waals surface area (Å²) in [5, 5.41) is 6.89. The zero-order valence-corrected chi connectivity index (χ0v) is 5.33. The van der Waals surface area contributed by atoms with Crippen LogP contribution in [0.25, 0.3) is 0 Å². The molecule has 0 saturated heterocycles. The average molecular weight is 158 g/mol. The van der Waals surface area contributed by atoms with Gasteiger partial charge in [-0.1, -0.05) is 0 Å². The Bertz CT molecular complexity index is 144. The van der Waals surface area contributed by atoms with Crippen LogP contribution in [-0.2, 0) is 19.4 Å². The first-order valence-electron chi connectivity index (χ1n) is 1.58. The van der Waals surface area contributed by atoms with Gasteiger partial charge < -0.3 is 5.11 Å². The minimum atomic E-state index is -4.16. The van der Waals surface area contributed by atoms with Gasteiger partial charge in [0, 0.05) is 0 Å². The average Bonchev–Trinajstić information content (AvgIpc) is 1.67. The first kappa shape index (κ1) is 11.2. The van der Waals surface area contributed by atoms with Crippen LogP contribution >= 0.6 is 0 Å². The zero-order valence-electron chi connectivity index (χ0n) is 4.51. The van der Waals surface area contributed by atoms with Crippen molar-refractivity contribution in [3.05, 3.63) is 0 Å². The Morgan fingerprint density at radius 2 is 1.67 bits per heavy atom. The van der Waals surface area contributed by atoms with Crippen LogP contribution in [0.15, 0.2) is 0 Å². The lowest BCUT2D eigenvalue weighted by Gasteiger charge is -1.82. The first-order chi connectivity index (χ1) is 3.97.